The molecule has 1 fully saturated rings. The number of nitrogens with zero attached hydrogens (tertiary/aromatic N) is 2. The van der Waals surface area contributed by atoms with E-state index in [9.17, 15) is 4.79 Å². The van der Waals surface area contributed by atoms with Gasteiger partial charge in [-0.1, -0.05) is 37.3 Å². The number of halogens is 1. The number of hydrogen-bond acceptors (Lipinski definition) is 6. The van der Waals surface area contributed by atoms with Crippen LogP contribution in [0.2, 0.25) is 0 Å². The van der Waals surface area contributed by atoms with Gasteiger partial charge in [-0.2, -0.15) is 0 Å². The Balaban J connectivity index is 1.61. The number of carbonyl (C=O) groups excluding carboxylic acids is 1. The summed E-state index contributed by atoms with van der Waals surface area (Å²) in [6.45, 7) is 5.49. The Bertz CT molecular complexity index is 1290. The quantitative estimate of drug-likeness (QED) is 0.233. The third-order valence-corrected chi connectivity index (χ3v) is 7.08. The molecule has 4 rings (SSSR count). The van der Waals surface area contributed by atoms with E-state index >= 15 is 0 Å². The summed E-state index contributed by atoms with van der Waals surface area (Å²) in [5.74, 6) is 1.95. The second kappa shape index (κ2) is 12.8. The lowest BCUT2D eigenvalue weighted by Gasteiger charge is -2.15. The number of hydrogen-bond donors (Lipinski definition) is 0. The van der Waals surface area contributed by atoms with E-state index in [1.807, 2.05) is 86.7 Å². The largest absolute Gasteiger partial charge is 0.497 e. The Labute approximate surface area is 230 Å². The number of benzene rings is 3. The highest BCUT2D eigenvalue weighted by molar-refractivity contribution is 9.10. The lowest BCUT2D eigenvalue weighted by Crippen LogP contribution is -2.29. The molecular weight excluding hydrogens is 552 g/mol. The summed E-state index contributed by atoms with van der Waals surface area (Å²) in [6, 6.07) is 21.3. The standard InChI is InChI=1S/C29H29BrN2O4S/c1-4-15-32-28(33)26(37-29(32)31-22-11-13-23(34-3)14-12-22)18-21-16-24(30)27(25(17-21)35-5-2)36-19-20-9-7-6-8-10-20/h6-14,16-18H,4-5,15,19H2,1-3H3/b26-18-,31-29?. The minimum atomic E-state index is -0.0578. The van der Waals surface area contributed by atoms with E-state index < -0.39 is 0 Å². The fraction of sp³-hybridized carbons (Fsp3) is 0.241. The van der Waals surface area contributed by atoms with Gasteiger partial charge in [-0.15, -0.1) is 0 Å². The number of methoxy groups -OCH3 is 1. The predicted octanol–water partition coefficient (Wildman–Crippen LogP) is 7.45. The van der Waals surface area contributed by atoms with Gasteiger partial charge in [0.15, 0.2) is 16.7 Å². The summed E-state index contributed by atoms with van der Waals surface area (Å²) in [5.41, 5.74) is 2.66. The second-order valence-electron chi connectivity index (χ2n) is 8.20. The molecule has 1 saturated heterocycles. The molecule has 0 saturated carbocycles. The summed E-state index contributed by atoms with van der Waals surface area (Å²) in [6.07, 6.45) is 2.70. The first-order chi connectivity index (χ1) is 18.0. The number of rotatable bonds is 10. The first-order valence-electron chi connectivity index (χ1n) is 12.1. The molecule has 0 aromatic heterocycles. The van der Waals surface area contributed by atoms with Crippen LogP contribution in [0.15, 0.2) is 81.1 Å². The number of amidine groups is 1. The fourth-order valence-corrected chi connectivity index (χ4v) is 5.33. The SMILES string of the molecule is CCCN1C(=O)/C(=C/c2cc(Br)c(OCc3ccccc3)c(OCC)c2)SC1=Nc1ccc(OC)cc1. The van der Waals surface area contributed by atoms with Crippen molar-refractivity contribution in [2.75, 3.05) is 20.3 Å². The highest BCUT2D eigenvalue weighted by Gasteiger charge is 2.33. The monoisotopic (exact) mass is 580 g/mol. The molecule has 1 amide bonds. The molecule has 0 aliphatic carbocycles. The normalized spacial score (nSPS) is 15.5. The number of carbonyl (C=O) groups is 1. The van der Waals surface area contributed by atoms with Crippen molar-refractivity contribution >= 4 is 50.5 Å². The van der Waals surface area contributed by atoms with Gasteiger partial charge in [0, 0.05) is 6.54 Å². The molecule has 0 spiro atoms. The molecule has 37 heavy (non-hydrogen) atoms. The van der Waals surface area contributed by atoms with Crippen molar-refractivity contribution in [3.05, 3.63) is 87.2 Å². The maximum atomic E-state index is 13.3. The fourth-order valence-electron chi connectivity index (χ4n) is 3.73. The molecule has 3 aromatic rings. The van der Waals surface area contributed by atoms with Crippen LogP contribution in [0.1, 0.15) is 31.4 Å². The van der Waals surface area contributed by atoms with Crippen LogP contribution < -0.4 is 14.2 Å². The maximum Gasteiger partial charge on any atom is 0.266 e. The molecule has 6 nitrogen and oxygen atoms in total. The molecule has 192 valence electrons. The van der Waals surface area contributed by atoms with E-state index in [0.717, 1.165) is 33.5 Å². The number of aliphatic imine (C=N–C) groups is 1. The maximum absolute atomic E-state index is 13.3. The van der Waals surface area contributed by atoms with Gasteiger partial charge in [0.25, 0.3) is 5.91 Å². The van der Waals surface area contributed by atoms with E-state index in [1.54, 1.807) is 12.0 Å². The van der Waals surface area contributed by atoms with E-state index in [2.05, 4.69) is 15.9 Å². The third kappa shape index (κ3) is 6.76. The van der Waals surface area contributed by atoms with Crippen molar-refractivity contribution in [2.45, 2.75) is 26.9 Å². The molecule has 0 radical (unpaired) electrons. The summed E-state index contributed by atoms with van der Waals surface area (Å²) in [7, 11) is 1.63. The van der Waals surface area contributed by atoms with E-state index in [4.69, 9.17) is 19.2 Å². The zero-order valence-electron chi connectivity index (χ0n) is 21.1. The molecule has 0 N–H and O–H groups in total. The van der Waals surface area contributed by atoms with Crippen molar-refractivity contribution in [3.63, 3.8) is 0 Å². The van der Waals surface area contributed by atoms with Crippen molar-refractivity contribution in [2.24, 2.45) is 4.99 Å². The summed E-state index contributed by atoms with van der Waals surface area (Å²) in [4.78, 5) is 20.4. The molecule has 0 unspecified atom stereocenters. The molecule has 1 heterocycles. The van der Waals surface area contributed by atoms with Crippen molar-refractivity contribution in [1.29, 1.82) is 0 Å². The average Bonchev–Trinajstić information content (AvgIpc) is 3.18. The Morgan fingerprint density at radius 3 is 2.46 bits per heavy atom. The van der Waals surface area contributed by atoms with Crippen molar-refractivity contribution in [1.82, 2.24) is 4.90 Å². The third-order valence-electron chi connectivity index (χ3n) is 5.49. The Morgan fingerprint density at radius 1 is 1.03 bits per heavy atom. The Morgan fingerprint density at radius 2 is 1.78 bits per heavy atom. The lowest BCUT2D eigenvalue weighted by atomic mass is 10.1. The lowest BCUT2D eigenvalue weighted by molar-refractivity contribution is -0.122. The topological polar surface area (TPSA) is 60.4 Å². The van der Waals surface area contributed by atoms with Crippen LogP contribution in [0.5, 0.6) is 17.2 Å². The average molecular weight is 582 g/mol. The van der Waals surface area contributed by atoms with E-state index in [0.29, 0.717) is 41.3 Å². The van der Waals surface area contributed by atoms with Crippen LogP contribution in [0.3, 0.4) is 0 Å². The molecule has 0 atom stereocenters. The van der Waals surface area contributed by atoms with Crippen LogP contribution in [-0.4, -0.2) is 36.2 Å². The van der Waals surface area contributed by atoms with Gasteiger partial charge in [0.2, 0.25) is 0 Å². The minimum Gasteiger partial charge on any atom is -0.497 e. The van der Waals surface area contributed by atoms with Gasteiger partial charge >= 0.3 is 0 Å². The van der Waals surface area contributed by atoms with Gasteiger partial charge in [-0.05, 0) is 94.6 Å². The molecule has 1 aliphatic rings. The van der Waals surface area contributed by atoms with Gasteiger partial charge in [0.05, 0.1) is 28.8 Å². The molecule has 3 aromatic carbocycles. The van der Waals surface area contributed by atoms with Crippen LogP contribution >= 0.6 is 27.7 Å². The first-order valence-corrected chi connectivity index (χ1v) is 13.7. The van der Waals surface area contributed by atoms with Crippen LogP contribution in [0.25, 0.3) is 6.08 Å². The molecular formula is C29H29BrN2O4S. The second-order valence-corrected chi connectivity index (χ2v) is 10.1. The van der Waals surface area contributed by atoms with Crippen molar-refractivity contribution < 1.29 is 19.0 Å². The number of amides is 1. The first kappa shape index (κ1) is 26.8. The van der Waals surface area contributed by atoms with Crippen LogP contribution in [0.4, 0.5) is 5.69 Å². The Kier molecular flexibility index (Phi) is 9.30. The zero-order valence-corrected chi connectivity index (χ0v) is 23.5. The zero-order chi connectivity index (χ0) is 26.2. The summed E-state index contributed by atoms with van der Waals surface area (Å²) >= 11 is 5.01. The molecule has 1 aliphatic heterocycles. The van der Waals surface area contributed by atoms with Gasteiger partial charge in [-0.25, -0.2) is 4.99 Å². The minimum absolute atomic E-state index is 0.0578. The van der Waals surface area contributed by atoms with Crippen molar-refractivity contribution in [3.8, 4) is 17.2 Å². The number of thioether (sulfide) groups is 1. The van der Waals surface area contributed by atoms with Gasteiger partial charge < -0.3 is 14.2 Å². The highest BCUT2D eigenvalue weighted by Crippen LogP contribution is 2.40. The van der Waals surface area contributed by atoms with E-state index in [-0.39, 0.29) is 5.91 Å². The van der Waals surface area contributed by atoms with Gasteiger partial charge in [0.1, 0.15) is 12.4 Å². The summed E-state index contributed by atoms with van der Waals surface area (Å²) < 4.78 is 18.0. The van der Waals surface area contributed by atoms with Crippen LogP contribution in [0, 0.1) is 0 Å². The van der Waals surface area contributed by atoms with E-state index in [1.165, 1.54) is 11.8 Å². The predicted molar refractivity (Wildman–Crippen MR) is 154 cm³/mol. The number of ether oxygens (including phenoxy) is 3. The molecule has 0 bridgehead atoms. The van der Waals surface area contributed by atoms with Crippen LogP contribution in [-0.2, 0) is 11.4 Å². The van der Waals surface area contributed by atoms with Gasteiger partial charge in [-0.3, -0.25) is 9.69 Å². The summed E-state index contributed by atoms with van der Waals surface area (Å²) in [5, 5.41) is 0.662. The Hall–Kier alpha value is -3.23. The highest BCUT2D eigenvalue weighted by atomic mass is 79.9. The molecule has 8 heteroatoms. The smallest absolute Gasteiger partial charge is 0.266 e.